The molecule has 2 aromatic rings. The van der Waals surface area contributed by atoms with Crippen molar-refractivity contribution in [3.63, 3.8) is 0 Å². The maximum atomic E-state index is 8.73. The second kappa shape index (κ2) is 5.69. The van der Waals surface area contributed by atoms with Crippen LogP contribution in [-0.4, -0.2) is 17.4 Å². The van der Waals surface area contributed by atoms with Gasteiger partial charge in [0.2, 0.25) is 0 Å². The number of hydrogen-bond acceptors (Lipinski definition) is 3. The van der Waals surface area contributed by atoms with Crippen LogP contribution in [0.3, 0.4) is 0 Å². The van der Waals surface area contributed by atoms with Gasteiger partial charge in [-0.3, -0.25) is 0 Å². The molecule has 2 rings (SSSR count). The Bertz CT molecular complexity index is 554. The van der Waals surface area contributed by atoms with Crippen LogP contribution in [0.4, 0.5) is 0 Å². The Morgan fingerprint density at radius 3 is 1.65 bits per heavy atom. The van der Waals surface area contributed by atoms with Crippen molar-refractivity contribution >= 4 is 7.32 Å². The first-order chi connectivity index (χ1) is 9.36. The lowest BCUT2D eigenvalue weighted by Crippen LogP contribution is -2.20. The van der Waals surface area contributed by atoms with Gasteiger partial charge < -0.3 is 14.7 Å². The minimum atomic E-state index is -1.79. The molecule has 0 unspecified atom stereocenters. The third-order valence-electron chi connectivity index (χ3n) is 3.18. The van der Waals surface area contributed by atoms with E-state index in [4.69, 9.17) is 14.7 Å². The van der Waals surface area contributed by atoms with Crippen molar-refractivity contribution < 1.29 is 14.7 Å². The Morgan fingerprint density at radius 2 is 1.25 bits per heavy atom. The van der Waals surface area contributed by atoms with Crippen LogP contribution >= 0.6 is 0 Å². The Hall–Kier alpha value is -1.78. The highest BCUT2D eigenvalue weighted by molar-refractivity contribution is 6.33. The number of rotatable bonds is 3. The van der Waals surface area contributed by atoms with Crippen molar-refractivity contribution in [3.05, 3.63) is 54.1 Å². The van der Waals surface area contributed by atoms with Gasteiger partial charge in [0.25, 0.3) is 0 Å². The van der Waals surface area contributed by atoms with Crippen molar-refractivity contribution in [1.82, 2.24) is 0 Å². The van der Waals surface area contributed by atoms with Gasteiger partial charge in [-0.1, -0.05) is 57.2 Å². The lowest BCUT2D eigenvalue weighted by Gasteiger charge is -2.19. The summed E-state index contributed by atoms with van der Waals surface area (Å²) in [6, 6.07) is 15.7. The van der Waals surface area contributed by atoms with Gasteiger partial charge in [0.1, 0.15) is 5.75 Å². The van der Waals surface area contributed by atoms with Gasteiger partial charge in [-0.15, -0.1) is 0 Å². The zero-order valence-electron chi connectivity index (χ0n) is 12.0. The van der Waals surface area contributed by atoms with E-state index in [-0.39, 0.29) is 5.41 Å². The maximum Gasteiger partial charge on any atom is 0.707 e. The molecule has 0 radical (unpaired) electrons. The molecule has 0 amide bonds. The van der Waals surface area contributed by atoms with Gasteiger partial charge >= 0.3 is 7.32 Å². The van der Waals surface area contributed by atoms with Crippen LogP contribution in [0.25, 0.3) is 11.1 Å². The average molecular weight is 270 g/mol. The fourth-order valence-corrected chi connectivity index (χ4v) is 2.01. The highest BCUT2D eigenvalue weighted by Crippen LogP contribution is 2.27. The van der Waals surface area contributed by atoms with Gasteiger partial charge in [-0.2, -0.15) is 0 Å². The molecule has 0 aliphatic rings. The van der Waals surface area contributed by atoms with E-state index in [1.807, 2.05) is 12.1 Å². The quantitative estimate of drug-likeness (QED) is 0.843. The molecule has 0 aromatic heterocycles. The zero-order valence-corrected chi connectivity index (χ0v) is 12.0. The van der Waals surface area contributed by atoms with Gasteiger partial charge in [0, 0.05) is 0 Å². The van der Waals surface area contributed by atoms with Crippen molar-refractivity contribution in [1.29, 1.82) is 0 Å². The van der Waals surface area contributed by atoms with Crippen LogP contribution in [0.2, 0.25) is 0 Å². The molecule has 20 heavy (non-hydrogen) atoms. The van der Waals surface area contributed by atoms with Crippen LogP contribution in [0.1, 0.15) is 26.3 Å². The molecular formula is C16H19BO3. The smallest absolute Gasteiger partial charge is 0.512 e. The first-order valence-electron chi connectivity index (χ1n) is 6.60. The molecule has 3 nitrogen and oxygen atoms in total. The molecule has 2 aromatic carbocycles. The van der Waals surface area contributed by atoms with E-state index < -0.39 is 7.32 Å². The number of hydrogen-bond donors (Lipinski definition) is 2. The lowest BCUT2D eigenvalue weighted by molar-refractivity contribution is 0.288. The molecule has 0 aliphatic carbocycles. The van der Waals surface area contributed by atoms with Gasteiger partial charge in [0.05, 0.1) is 0 Å². The largest absolute Gasteiger partial charge is 0.707 e. The van der Waals surface area contributed by atoms with Crippen LogP contribution in [0, 0.1) is 0 Å². The van der Waals surface area contributed by atoms with Crippen LogP contribution in [0.15, 0.2) is 48.5 Å². The molecule has 0 atom stereocenters. The Labute approximate surface area is 120 Å². The standard InChI is InChI=1S/C16H19BO3/c1-16(2,3)14-8-4-12(5-9-14)13-6-10-15(11-7-13)20-17(18)19/h4-11,18-19H,1-3H3. The monoisotopic (exact) mass is 270 g/mol. The molecule has 2 N–H and O–H groups in total. The molecule has 0 heterocycles. The predicted molar refractivity (Wildman–Crippen MR) is 81.4 cm³/mol. The van der Waals surface area contributed by atoms with Gasteiger partial charge in [-0.25, -0.2) is 0 Å². The van der Waals surface area contributed by atoms with E-state index in [1.165, 1.54) is 5.56 Å². The summed E-state index contributed by atoms with van der Waals surface area (Å²) >= 11 is 0. The summed E-state index contributed by atoms with van der Waals surface area (Å²) in [4.78, 5) is 0. The van der Waals surface area contributed by atoms with E-state index in [0.717, 1.165) is 11.1 Å². The van der Waals surface area contributed by atoms with Crippen LogP contribution < -0.4 is 4.65 Å². The van der Waals surface area contributed by atoms with E-state index in [1.54, 1.807) is 12.1 Å². The summed E-state index contributed by atoms with van der Waals surface area (Å²) in [7, 11) is -1.79. The molecular weight excluding hydrogens is 251 g/mol. The molecule has 0 bridgehead atoms. The molecule has 0 aliphatic heterocycles. The Kier molecular flexibility index (Phi) is 4.16. The lowest BCUT2D eigenvalue weighted by atomic mass is 9.86. The third-order valence-corrected chi connectivity index (χ3v) is 3.18. The van der Waals surface area contributed by atoms with Crippen molar-refractivity contribution in [2.75, 3.05) is 0 Å². The van der Waals surface area contributed by atoms with Gasteiger partial charge in [0.15, 0.2) is 0 Å². The molecule has 0 saturated carbocycles. The highest BCUT2D eigenvalue weighted by Gasteiger charge is 2.13. The average Bonchev–Trinajstić information content (AvgIpc) is 2.38. The van der Waals surface area contributed by atoms with Gasteiger partial charge in [-0.05, 0) is 34.2 Å². The number of benzene rings is 2. The third kappa shape index (κ3) is 3.62. The Balaban J connectivity index is 2.19. The van der Waals surface area contributed by atoms with Crippen LogP contribution in [0.5, 0.6) is 5.75 Å². The second-order valence-corrected chi connectivity index (χ2v) is 5.80. The molecule has 0 saturated heterocycles. The summed E-state index contributed by atoms with van der Waals surface area (Å²) in [5.74, 6) is 0.426. The minimum Gasteiger partial charge on any atom is -0.512 e. The molecule has 0 spiro atoms. The molecule has 4 heteroatoms. The summed E-state index contributed by atoms with van der Waals surface area (Å²) in [5, 5.41) is 17.5. The SMILES string of the molecule is CC(C)(C)c1ccc(-c2ccc(OB(O)O)cc2)cc1. The van der Waals surface area contributed by atoms with E-state index >= 15 is 0 Å². The normalized spacial score (nSPS) is 11.2. The molecule has 104 valence electrons. The highest BCUT2D eigenvalue weighted by atomic mass is 16.6. The minimum absolute atomic E-state index is 0.146. The maximum absolute atomic E-state index is 8.73. The summed E-state index contributed by atoms with van der Waals surface area (Å²) in [6.07, 6.45) is 0. The van der Waals surface area contributed by atoms with Crippen LogP contribution in [-0.2, 0) is 5.41 Å². The second-order valence-electron chi connectivity index (χ2n) is 5.80. The first kappa shape index (κ1) is 14.6. The summed E-state index contributed by atoms with van der Waals surface area (Å²) < 4.78 is 4.78. The fraction of sp³-hybridized carbons (Fsp3) is 0.250. The van der Waals surface area contributed by atoms with E-state index in [2.05, 4.69) is 45.0 Å². The topological polar surface area (TPSA) is 49.7 Å². The van der Waals surface area contributed by atoms with Crippen molar-refractivity contribution in [3.8, 4) is 16.9 Å². The fourth-order valence-electron chi connectivity index (χ4n) is 2.01. The molecule has 0 fully saturated rings. The summed E-state index contributed by atoms with van der Waals surface area (Å²) in [5.41, 5.74) is 3.62. The first-order valence-corrected chi connectivity index (χ1v) is 6.60. The Morgan fingerprint density at radius 1 is 0.800 bits per heavy atom. The van der Waals surface area contributed by atoms with Crippen molar-refractivity contribution in [2.45, 2.75) is 26.2 Å². The predicted octanol–water partition coefficient (Wildman–Crippen LogP) is 3.00. The van der Waals surface area contributed by atoms with Crippen molar-refractivity contribution in [2.24, 2.45) is 0 Å². The zero-order chi connectivity index (χ0) is 14.8. The van der Waals surface area contributed by atoms with E-state index in [0.29, 0.717) is 5.75 Å². The summed E-state index contributed by atoms with van der Waals surface area (Å²) in [6.45, 7) is 6.57. The van der Waals surface area contributed by atoms with E-state index in [9.17, 15) is 0 Å².